The average molecular weight is 815 g/mol. The molecule has 0 aliphatic carbocycles. The predicted octanol–water partition coefficient (Wildman–Crippen LogP) is 17.0. The van der Waals surface area contributed by atoms with Crippen LogP contribution in [0, 0.1) is 0 Å². The van der Waals surface area contributed by atoms with E-state index in [-0.39, 0.29) is 25.2 Å². The van der Waals surface area contributed by atoms with E-state index in [2.05, 4.69) is 57.2 Å². The highest BCUT2D eigenvalue weighted by Crippen LogP contribution is 2.14. The van der Waals surface area contributed by atoms with Gasteiger partial charge in [-0.1, -0.05) is 211 Å². The van der Waals surface area contributed by atoms with Gasteiger partial charge < -0.3 is 14.2 Å². The Morgan fingerprint density at radius 2 is 0.724 bits per heavy atom. The van der Waals surface area contributed by atoms with Crippen molar-refractivity contribution in [2.75, 3.05) is 19.8 Å². The number of rotatable bonds is 47. The number of carbonyl (C=O) groups excluding carboxylic acids is 2. The van der Waals surface area contributed by atoms with E-state index >= 15 is 0 Å². The van der Waals surface area contributed by atoms with Gasteiger partial charge >= 0.3 is 11.9 Å². The lowest BCUT2D eigenvalue weighted by Gasteiger charge is -2.18. The van der Waals surface area contributed by atoms with Crippen LogP contribution in [0.25, 0.3) is 0 Å². The molecule has 1 atom stereocenters. The summed E-state index contributed by atoms with van der Waals surface area (Å²) in [5, 5.41) is 0. The van der Waals surface area contributed by atoms with Crippen LogP contribution in [0.15, 0.2) is 36.5 Å². The van der Waals surface area contributed by atoms with Crippen molar-refractivity contribution < 1.29 is 23.8 Å². The fraction of sp³-hybridized carbons (Fsp3) is 0.849. The predicted molar refractivity (Wildman–Crippen MR) is 252 cm³/mol. The first-order chi connectivity index (χ1) is 28.6. The van der Waals surface area contributed by atoms with Crippen molar-refractivity contribution in [2.45, 2.75) is 271 Å². The van der Waals surface area contributed by atoms with Gasteiger partial charge in [0.2, 0.25) is 0 Å². The van der Waals surface area contributed by atoms with E-state index in [9.17, 15) is 9.59 Å². The van der Waals surface area contributed by atoms with E-state index in [4.69, 9.17) is 14.2 Å². The van der Waals surface area contributed by atoms with Gasteiger partial charge in [0, 0.05) is 19.4 Å². The van der Waals surface area contributed by atoms with Crippen LogP contribution in [0.5, 0.6) is 0 Å². The lowest BCUT2D eigenvalue weighted by molar-refractivity contribution is -0.163. The zero-order valence-electron chi connectivity index (χ0n) is 39.1. The van der Waals surface area contributed by atoms with E-state index in [1.54, 1.807) is 0 Å². The molecule has 0 saturated heterocycles. The minimum absolute atomic E-state index is 0.0809. The van der Waals surface area contributed by atoms with Crippen molar-refractivity contribution in [3.63, 3.8) is 0 Å². The number of carbonyl (C=O) groups is 2. The summed E-state index contributed by atoms with van der Waals surface area (Å²) in [5.41, 5.74) is 0. The molecule has 0 aromatic heterocycles. The van der Waals surface area contributed by atoms with Gasteiger partial charge in [0.05, 0.1) is 6.61 Å². The molecule has 5 nitrogen and oxygen atoms in total. The highest BCUT2D eigenvalue weighted by Gasteiger charge is 2.17. The van der Waals surface area contributed by atoms with Gasteiger partial charge in [-0.15, -0.1) is 0 Å². The van der Waals surface area contributed by atoms with Gasteiger partial charge in [0.1, 0.15) is 6.61 Å². The molecule has 0 aromatic rings. The second kappa shape index (κ2) is 49.5. The smallest absolute Gasteiger partial charge is 0.306 e. The Kier molecular flexibility index (Phi) is 47.9. The van der Waals surface area contributed by atoms with E-state index in [0.717, 1.165) is 57.8 Å². The Morgan fingerprint density at radius 1 is 0.379 bits per heavy atom. The van der Waals surface area contributed by atoms with Gasteiger partial charge in [-0.05, 0) is 77.0 Å². The molecule has 0 N–H and O–H groups in total. The van der Waals surface area contributed by atoms with E-state index < -0.39 is 6.10 Å². The molecule has 0 bridgehead atoms. The lowest BCUT2D eigenvalue weighted by Crippen LogP contribution is -2.30. The van der Waals surface area contributed by atoms with Crippen LogP contribution in [-0.4, -0.2) is 37.9 Å². The van der Waals surface area contributed by atoms with Crippen LogP contribution in [0.3, 0.4) is 0 Å². The molecule has 0 radical (unpaired) electrons. The minimum Gasteiger partial charge on any atom is -0.462 e. The largest absolute Gasteiger partial charge is 0.462 e. The van der Waals surface area contributed by atoms with Crippen molar-refractivity contribution in [2.24, 2.45) is 0 Å². The van der Waals surface area contributed by atoms with Crippen LogP contribution in [0.2, 0.25) is 0 Å². The maximum Gasteiger partial charge on any atom is 0.306 e. The van der Waals surface area contributed by atoms with Crippen LogP contribution in [0.1, 0.15) is 265 Å². The minimum atomic E-state index is -0.537. The standard InChI is InChI=1S/C53H98O5/c1-4-7-10-13-16-19-21-23-25-26-27-29-31-33-36-39-42-45-48-56-49-51(58-53(55)47-44-41-38-34-18-15-12-9-6-3)50-57-52(54)46-43-40-37-35-32-30-28-24-22-20-17-14-11-8-5-2/h17,20,23-25,28,51H,4-16,18-19,21-22,26-27,29-50H2,1-3H3/b20-17-,25-23-,28-24-. The molecule has 0 aliphatic heterocycles. The molecule has 58 heavy (non-hydrogen) atoms. The van der Waals surface area contributed by atoms with Gasteiger partial charge in [-0.25, -0.2) is 0 Å². The third-order valence-electron chi connectivity index (χ3n) is 11.1. The van der Waals surface area contributed by atoms with E-state index in [1.807, 2.05) is 0 Å². The molecule has 0 saturated carbocycles. The topological polar surface area (TPSA) is 61.8 Å². The van der Waals surface area contributed by atoms with Gasteiger partial charge in [-0.2, -0.15) is 0 Å². The molecule has 0 aliphatic rings. The van der Waals surface area contributed by atoms with Crippen LogP contribution >= 0.6 is 0 Å². The Balaban J connectivity index is 4.18. The molecule has 0 aromatic carbocycles. The maximum atomic E-state index is 12.7. The summed E-state index contributed by atoms with van der Waals surface area (Å²) in [5.74, 6) is -0.406. The number of hydrogen-bond acceptors (Lipinski definition) is 5. The Hall–Kier alpha value is -1.88. The van der Waals surface area contributed by atoms with Crippen LogP contribution < -0.4 is 0 Å². The first kappa shape index (κ1) is 56.1. The van der Waals surface area contributed by atoms with Crippen LogP contribution in [0.4, 0.5) is 0 Å². The molecular formula is C53H98O5. The summed E-state index contributed by atoms with van der Waals surface area (Å²) in [6.07, 6.45) is 58.7. The lowest BCUT2D eigenvalue weighted by atomic mass is 10.1. The maximum absolute atomic E-state index is 12.7. The van der Waals surface area contributed by atoms with Crippen molar-refractivity contribution in [3.8, 4) is 0 Å². The second-order valence-electron chi connectivity index (χ2n) is 17.1. The molecule has 0 heterocycles. The Labute approximate surface area is 361 Å². The van der Waals surface area contributed by atoms with Crippen molar-refractivity contribution in [1.29, 1.82) is 0 Å². The summed E-state index contributed by atoms with van der Waals surface area (Å²) in [4.78, 5) is 25.3. The second-order valence-corrected chi connectivity index (χ2v) is 17.1. The summed E-state index contributed by atoms with van der Waals surface area (Å²) >= 11 is 0. The average Bonchev–Trinajstić information content (AvgIpc) is 3.22. The SMILES string of the molecule is CCCCC/C=C\C/C=C\CCCCCCCC(=O)OCC(COCCCCCCCCCC/C=C\CCCCCCCC)OC(=O)CCCCCCCCCCC. The number of esters is 2. The monoisotopic (exact) mass is 815 g/mol. The first-order valence-electron chi connectivity index (χ1n) is 25.5. The molecule has 0 fully saturated rings. The third kappa shape index (κ3) is 46.8. The molecule has 1 unspecified atom stereocenters. The quantitative estimate of drug-likeness (QED) is 0.0348. The molecule has 0 spiro atoms. The van der Waals surface area contributed by atoms with E-state index in [1.165, 1.54) is 173 Å². The van der Waals surface area contributed by atoms with Gasteiger partial charge in [-0.3, -0.25) is 9.59 Å². The number of allylic oxidation sites excluding steroid dienone is 6. The van der Waals surface area contributed by atoms with Gasteiger partial charge in [0.25, 0.3) is 0 Å². The molecule has 340 valence electrons. The third-order valence-corrected chi connectivity index (χ3v) is 11.1. The van der Waals surface area contributed by atoms with Crippen LogP contribution in [-0.2, 0) is 23.8 Å². The zero-order chi connectivity index (χ0) is 42.1. The van der Waals surface area contributed by atoms with Crippen molar-refractivity contribution >= 4 is 11.9 Å². The van der Waals surface area contributed by atoms with Crippen molar-refractivity contribution in [1.82, 2.24) is 0 Å². The number of ether oxygens (including phenoxy) is 3. The van der Waals surface area contributed by atoms with Crippen molar-refractivity contribution in [3.05, 3.63) is 36.5 Å². The first-order valence-corrected chi connectivity index (χ1v) is 25.5. The molecule has 0 rings (SSSR count). The Morgan fingerprint density at radius 3 is 1.19 bits per heavy atom. The summed E-state index contributed by atoms with van der Waals surface area (Å²) in [6, 6.07) is 0. The fourth-order valence-electron chi connectivity index (χ4n) is 7.30. The molecule has 5 heteroatoms. The summed E-state index contributed by atoms with van der Waals surface area (Å²) < 4.78 is 17.4. The number of hydrogen-bond donors (Lipinski definition) is 0. The molecule has 0 amide bonds. The normalized spacial score (nSPS) is 12.4. The highest BCUT2D eigenvalue weighted by molar-refractivity contribution is 5.70. The molecular weight excluding hydrogens is 717 g/mol. The summed E-state index contributed by atoms with van der Waals surface area (Å²) in [6.45, 7) is 7.79. The highest BCUT2D eigenvalue weighted by atomic mass is 16.6. The Bertz CT molecular complexity index is 924. The summed E-state index contributed by atoms with van der Waals surface area (Å²) in [7, 11) is 0. The van der Waals surface area contributed by atoms with E-state index in [0.29, 0.717) is 19.4 Å². The zero-order valence-corrected chi connectivity index (χ0v) is 39.1. The fourth-order valence-corrected chi connectivity index (χ4v) is 7.30. The number of unbranched alkanes of at least 4 members (excludes halogenated alkanes) is 30. The van der Waals surface area contributed by atoms with Gasteiger partial charge in [0.15, 0.2) is 6.10 Å².